The normalized spacial score (nSPS) is 18.6. The maximum Gasteiger partial charge on any atom is 0.227 e. The lowest BCUT2D eigenvalue weighted by Crippen LogP contribution is -2.25. The van der Waals surface area contributed by atoms with Gasteiger partial charge in [-0.05, 0) is 23.6 Å². The highest BCUT2D eigenvalue weighted by atomic mass is 35.5. The highest BCUT2D eigenvalue weighted by Crippen LogP contribution is 2.33. The number of amides is 1. The molecule has 1 amide bonds. The van der Waals surface area contributed by atoms with Crippen LogP contribution in [0.2, 0.25) is 5.02 Å². The summed E-state index contributed by atoms with van der Waals surface area (Å²) in [5, 5.41) is 2.99. The largest absolute Gasteiger partial charge is 0.311 e. The van der Waals surface area contributed by atoms with E-state index < -0.39 is 16.7 Å². The zero-order valence-corrected chi connectivity index (χ0v) is 10.4. The van der Waals surface area contributed by atoms with E-state index in [1.807, 2.05) is 0 Å². The van der Waals surface area contributed by atoms with Crippen molar-refractivity contribution in [2.24, 2.45) is 11.0 Å². The number of hydrogen-bond acceptors (Lipinski definition) is 2. The SMILES string of the molecule is [N-]=[N+]=NCC1CC(=O)N(c2ccc(F)c(F)c2Cl)C1. The van der Waals surface area contributed by atoms with Crippen LogP contribution in [0.1, 0.15) is 6.42 Å². The smallest absolute Gasteiger partial charge is 0.227 e. The molecular formula is C11H9ClF2N4O. The quantitative estimate of drug-likeness (QED) is 0.364. The van der Waals surface area contributed by atoms with Crippen molar-refractivity contribution in [3.63, 3.8) is 0 Å². The maximum atomic E-state index is 13.4. The first-order chi connectivity index (χ1) is 9.04. The maximum absolute atomic E-state index is 13.4. The molecule has 100 valence electrons. The number of halogens is 3. The van der Waals surface area contributed by atoms with Crippen LogP contribution in [0.5, 0.6) is 0 Å². The zero-order chi connectivity index (χ0) is 14.0. The van der Waals surface area contributed by atoms with Gasteiger partial charge in [0.05, 0.1) is 5.69 Å². The van der Waals surface area contributed by atoms with Crippen LogP contribution < -0.4 is 4.90 Å². The number of nitrogens with zero attached hydrogens (tertiary/aromatic N) is 4. The lowest BCUT2D eigenvalue weighted by Gasteiger charge is -2.18. The van der Waals surface area contributed by atoms with Gasteiger partial charge >= 0.3 is 0 Å². The number of carbonyl (C=O) groups excluding carboxylic acids is 1. The van der Waals surface area contributed by atoms with Crippen molar-refractivity contribution >= 4 is 23.2 Å². The number of carbonyl (C=O) groups is 1. The van der Waals surface area contributed by atoms with Gasteiger partial charge < -0.3 is 4.90 Å². The van der Waals surface area contributed by atoms with Crippen LogP contribution in [0, 0.1) is 17.6 Å². The molecule has 1 fully saturated rings. The molecule has 1 aliphatic rings. The molecule has 1 atom stereocenters. The summed E-state index contributed by atoms with van der Waals surface area (Å²) in [6.07, 6.45) is 0.189. The van der Waals surface area contributed by atoms with E-state index >= 15 is 0 Å². The second kappa shape index (κ2) is 5.42. The van der Waals surface area contributed by atoms with Crippen LogP contribution in [0.15, 0.2) is 17.2 Å². The average Bonchev–Trinajstić information content (AvgIpc) is 2.75. The molecule has 0 aliphatic carbocycles. The topological polar surface area (TPSA) is 69.1 Å². The van der Waals surface area contributed by atoms with Crippen LogP contribution in [0.25, 0.3) is 10.4 Å². The molecular weight excluding hydrogens is 278 g/mol. The lowest BCUT2D eigenvalue weighted by atomic mass is 10.1. The van der Waals surface area contributed by atoms with Gasteiger partial charge in [0, 0.05) is 24.4 Å². The minimum atomic E-state index is -1.18. The average molecular weight is 287 g/mol. The first kappa shape index (κ1) is 13.6. The monoisotopic (exact) mass is 286 g/mol. The second-order valence-electron chi connectivity index (χ2n) is 4.18. The van der Waals surface area contributed by atoms with Gasteiger partial charge in [-0.15, -0.1) is 0 Å². The number of rotatable bonds is 3. The molecule has 1 aromatic rings. The minimum absolute atomic E-state index is 0.133. The van der Waals surface area contributed by atoms with E-state index in [9.17, 15) is 13.6 Å². The Hall–Kier alpha value is -1.85. The Balaban J connectivity index is 2.26. The molecule has 19 heavy (non-hydrogen) atoms. The van der Waals surface area contributed by atoms with E-state index in [4.69, 9.17) is 17.1 Å². The highest BCUT2D eigenvalue weighted by Gasteiger charge is 2.32. The van der Waals surface area contributed by atoms with Crippen molar-refractivity contribution in [2.75, 3.05) is 18.0 Å². The molecule has 5 nitrogen and oxygen atoms in total. The van der Waals surface area contributed by atoms with Gasteiger partial charge in [-0.3, -0.25) is 4.79 Å². The summed E-state index contributed by atoms with van der Waals surface area (Å²) in [5.41, 5.74) is 8.37. The van der Waals surface area contributed by atoms with Gasteiger partial charge in [-0.25, -0.2) is 8.78 Å². The Labute approximate surface area is 112 Å². The first-order valence-electron chi connectivity index (χ1n) is 5.49. The standard InChI is InChI=1S/C11H9ClF2N4O/c12-10-8(2-1-7(13)11(10)14)18-5-6(3-9(18)19)4-16-17-15/h1-2,6H,3-5H2. The Bertz CT molecular complexity index is 574. The van der Waals surface area contributed by atoms with Crippen molar-refractivity contribution in [3.8, 4) is 0 Å². The van der Waals surface area contributed by atoms with E-state index in [0.717, 1.165) is 6.07 Å². The molecule has 0 spiro atoms. The van der Waals surface area contributed by atoms with Crippen LogP contribution in [-0.4, -0.2) is 19.0 Å². The van der Waals surface area contributed by atoms with Gasteiger partial charge in [0.15, 0.2) is 11.6 Å². The zero-order valence-electron chi connectivity index (χ0n) is 9.68. The predicted molar refractivity (Wildman–Crippen MR) is 65.8 cm³/mol. The van der Waals surface area contributed by atoms with Gasteiger partial charge in [0.1, 0.15) is 5.02 Å². The summed E-state index contributed by atoms with van der Waals surface area (Å²) in [7, 11) is 0. The second-order valence-corrected chi connectivity index (χ2v) is 4.56. The molecule has 1 saturated heterocycles. The molecule has 0 saturated carbocycles. The first-order valence-corrected chi connectivity index (χ1v) is 5.87. The highest BCUT2D eigenvalue weighted by molar-refractivity contribution is 6.34. The van der Waals surface area contributed by atoms with Crippen molar-refractivity contribution < 1.29 is 13.6 Å². The predicted octanol–water partition coefficient (Wildman–Crippen LogP) is 3.28. The molecule has 1 aliphatic heterocycles. The summed E-state index contributed by atoms with van der Waals surface area (Å²) >= 11 is 5.71. The van der Waals surface area contributed by atoms with Crippen LogP contribution in [0.3, 0.4) is 0 Å². The Morgan fingerprint density at radius 1 is 1.53 bits per heavy atom. The number of anilines is 1. The Morgan fingerprint density at radius 3 is 2.95 bits per heavy atom. The van der Waals surface area contributed by atoms with Gasteiger partial charge in [-0.1, -0.05) is 16.7 Å². The van der Waals surface area contributed by atoms with Gasteiger partial charge in [0.25, 0.3) is 0 Å². The van der Waals surface area contributed by atoms with Crippen LogP contribution >= 0.6 is 11.6 Å². The molecule has 0 aromatic heterocycles. The van der Waals surface area contributed by atoms with Crippen LogP contribution in [0.4, 0.5) is 14.5 Å². The Kier molecular flexibility index (Phi) is 3.87. The molecule has 0 N–H and O–H groups in total. The molecule has 1 aromatic carbocycles. The minimum Gasteiger partial charge on any atom is -0.311 e. The van der Waals surface area contributed by atoms with Crippen molar-refractivity contribution in [1.82, 2.24) is 0 Å². The summed E-state index contributed by atoms with van der Waals surface area (Å²) in [6.45, 7) is 0.447. The van der Waals surface area contributed by atoms with E-state index in [-0.39, 0.29) is 37.0 Å². The van der Waals surface area contributed by atoms with E-state index in [2.05, 4.69) is 10.0 Å². The third-order valence-electron chi connectivity index (χ3n) is 2.91. The fourth-order valence-electron chi connectivity index (χ4n) is 2.01. The van der Waals surface area contributed by atoms with E-state index in [0.29, 0.717) is 0 Å². The Morgan fingerprint density at radius 2 is 2.26 bits per heavy atom. The summed E-state index contributed by atoms with van der Waals surface area (Å²) in [5.74, 6) is -2.64. The summed E-state index contributed by atoms with van der Waals surface area (Å²) in [4.78, 5) is 15.7. The fraction of sp³-hybridized carbons (Fsp3) is 0.364. The lowest BCUT2D eigenvalue weighted by molar-refractivity contribution is -0.117. The molecule has 1 heterocycles. The van der Waals surface area contributed by atoms with E-state index in [1.165, 1.54) is 11.0 Å². The van der Waals surface area contributed by atoms with E-state index in [1.54, 1.807) is 0 Å². The number of hydrogen-bond donors (Lipinski definition) is 0. The fourth-order valence-corrected chi connectivity index (χ4v) is 2.27. The van der Waals surface area contributed by atoms with Gasteiger partial charge in [-0.2, -0.15) is 0 Å². The molecule has 8 heteroatoms. The summed E-state index contributed by atoms with van der Waals surface area (Å²) in [6, 6.07) is 2.18. The van der Waals surface area contributed by atoms with Gasteiger partial charge in [0.2, 0.25) is 5.91 Å². The van der Waals surface area contributed by atoms with Crippen molar-refractivity contribution in [1.29, 1.82) is 0 Å². The molecule has 0 bridgehead atoms. The molecule has 1 unspecified atom stereocenters. The molecule has 2 rings (SSSR count). The molecule has 0 radical (unpaired) electrons. The third-order valence-corrected chi connectivity index (χ3v) is 3.27. The van der Waals surface area contributed by atoms with Crippen LogP contribution in [-0.2, 0) is 4.79 Å². The summed E-state index contributed by atoms with van der Waals surface area (Å²) < 4.78 is 26.3. The number of azide groups is 1. The number of benzene rings is 1. The van der Waals surface area contributed by atoms with Crippen molar-refractivity contribution in [3.05, 3.63) is 39.2 Å². The third kappa shape index (κ3) is 2.62. The van der Waals surface area contributed by atoms with Crippen molar-refractivity contribution in [2.45, 2.75) is 6.42 Å².